The van der Waals surface area contributed by atoms with Crippen LogP contribution in [0.3, 0.4) is 0 Å². The summed E-state index contributed by atoms with van der Waals surface area (Å²) in [6.45, 7) is 10.3. The molecule has 3 heteroatoms. The molecule has 2 rings (SSSR count). The molecule has 23 heavy (non-hydrogen) atoms. The highest BCUT2D eigenvalue weighted by Gasteiger charge is 2.39. The molecule has 0 aromatic heterocycles. The second-order valence-electron chi connectivity index (χ2n) is 6.31. The first-order valence-corrected chi connectivity index (χ1v) is 8.14. The number of ketones is 1. The van der Waals surface area contributed by atoms with Gasteiger partial charge in [0.25, 0.3) is 0 Å². The van der Waals surface area contributed by atoms with Crippen LogP contribution in [0.2, 0.25) is 0 Å². The van der Waals surface area contributed by atoms with Crippen LogP contribution < -0.4 is 5.73 Å². The minimum atomic E-state index is -0.375. The first-order chi connectivity index (χ1) is 10.9. The largest absolute Gasteiger partial charge is 0.370 e. The lowest BCUT2D eigenvalue weighted by atomic mass is 9.83. The maximum atomic E-state index is 12.6. The van der Waals surface area contributed by atoms with Crippen molar-refractivity contribution in [1.29, 1.82) is 0 Å². The fraction of sp³-hybridized carbons (Fsp3) is 0.400. The third kappa shape index (κ3) is 3.44. The van der Waals surface area contributed by atoms with Gasteiger partial charge in [-0.25, -0.2) is 0 Å². The van der Waals surface area contributed by atoms with Gasteiger partial charge in [-0.1, -0.05) is 43.4 Å². The van der Waals surface area contributed by atoms with E-state index in [1.54, 1.807) is 0 Å². The second-order valence-corrected chi connectivity index (χ2v) is 6.31. The zero-order valence-corrected chi connectivity index (χ0v) is 14.2. The van der Waals surface area contributed by atoms with Crippen molar-refractivity contribution >= 4 is 17.8 Å². The van der Waals surface area contributed by atoms with Gasteiger partial charge in [0, 0.05) is 12.8 Å². The standard InChI is InChI=1S/C20H25NO2/c1-5-7-14-8-12(3)19(15(6-2)9-14)20-13(4)16(10-17(20)22)11-18(21)23/h5,7-9,16,20H,4,6,10-11H2,1-3H3,(H2,21,23)/b7-5+. The van der Waals surface area contributed by atoms with E-state index in [-0.39, 0.29) is 29.9 Å². The number of allylic oxidation sites excluding steroid dienone is 2. The predicted octanol–water partition coefficient (Wildman–Crippen LogP) is 3.69. The molecule has 1 saturated carbocycles. The van der Waals surface area contributed by atoms with Crippen LogP contribution in [0.1, 0.15) is 54.9 Å². The Bertz CT molecular complexity index is 685. The van der Waals surface area contributed by atoms with Gasteiger partial charge in [0.2, 0.25) is 5.91 Å². The SMILES string of the molecule is C=C1C(CC(N)=O)CC(=O)C1c1c(C)cc(/C=C/C)cc1CC. The van der Waals surface area contributed by atoms with Gasteiger partial charge in [-0.15, -0.1) is 0 Å². The Kier molecular flexibility index (Phi) is 5.19. The number of primary amides is 1. The van der Waals surface area contributed by atoms with Crippen molar-refractivity contribution in [2.75, 3.05) is 0 Å². The monoisotopic (exact) mass is 311 g/mol. The highest BCUT2D eigenvalue weighted by atomic mass is 16.1. The van der Waals surface area contributed by atoms with Crippen LogP contribution in [-0.2, 0) is 16.0 Å². The second kappa shape index (κ2) is 6.95. The Morgan fingerprint density at radius 3 is 2.70 bits per heavy atom. The van der Waals surface area contributed by atoms with Gasteiger partial charge >= 0.3 is 0 Å². The number of hydrogen-bond acceptors (Lipinski definition) is 2. The Morgan fingerprint density at radius 2 is 2.13 bits per heavy atom. The molecule has 1 fully saturated rings. The fourth-order valence-corrected chi connectivity index (χ4v) is 3.62. The average Bonchev–Trinajstić information content (AvgIpc) is 2.73. The van der Waals surface area contributed by atoms with Crippen LogP contribution in [0.15, 0.2) is 30.4 Å². The summed E-state index contributed by atoms with van der Waals surface area (Å²) < 4.78 is 0. The quantitative estimate of drug-likeness (QED) is 0.843. The van der Waals surface area contributed by atoms with Crippen molar-refractivity contribution in [2.45, 2.75) is 46.0 Å². The molecule has 1 aromatic rings. The highest BCUT2D eigenvalue weighted by molar-refractivity contribution is 5.94. The molecule has 2 unspecified atom stereocenters. The van der Waals surface area contributed by atoms with E-state index >= 15 is 0 Å². The maximum Gasteiger partial charge on any atom is 0.218 e. The lowest BCUT2D eigenvalue weighted by Gasteiger charge is -2.20. The molecule has 122 valence electrons. The van der Waals surface area contributed by atoms with Crippen molar-refractivity contribution in [3.05, 3.63) is 52.6 Å². The Balaban J connectivity index is 2.47. The van der Waals surface area contributed by atoms with Gasteiger partial charge < -0.3 is 5.73 Å². The molecule has 3 nitrogen and oxygen atoms in total. The van der Waals surface area contributed by atoms with Crippen LogP contribution in [-0.4, -0.2) is 11.7 Å². The van der Waals surface area contributed by atoms with E-state index < -0.39 is 0 Å². The molecule has 0 saturated heterocycles. The zero-order valence-electron chi connectivity index (χ0n) is 14.2. The topological polar surface area (TPSA) is 60.2 Å². The molecular weight excluding hydrogens is 286 g/mol. The normalized spacial score (nSPS) is 21.3. The van der Waals surface area contributed by atoms with Gasteiger partial charge in [0.15, 0.2) is 0 Å². The van der Waals surface area contributed by atoms with E-state index in [1.807, 2.05) is 19.9 Å². The number of nitrogens with two attached hydrogens (primary N) is 1. The molecule has 1 aliphatic rings. The Hall–Kier alpha value is -2.16. The molecule has 0 radical (unpaired) electrons. The van der Waals surface area contributed by atoms with E-state index in [0.717, 1.165) is 28.7 Å². The molecule has 2 atom stereocenters. The van der Waals surface area contributed by atoms with Crippen molar-refractivity contribution < 1.29 is 9.59 Å². The summed E-state index contributed by atoms with van der Waals surface area (Å²) in [5, 5.41) is 0. The van der Waals surface area contributed by atoms with Crippen LogP contribution in [0, 0.1) is 12.8 Å². The van der Waals surface area contributed by atoms with Gasteiger partial charge in [0.05, 0.1) is 5.92 Å². The van der Waals surface area contributed by atoms with Gasteiger partial charge in [0.1, 0.15) is 5.78 Å². The summed E-state index contributed by atoms with van der Waals surface area (Å²) in [6.07, 6.45) is 5.51. The van der Waals surface area contributed by atoms with Gasteiger partial charge in [-0.2, -0.15) is 0 Å². The summed E-state index contributed by atoms with van der Waals surface area (Å²) in [5.74, 6) is -0.642. The van der Waals surface area contributed by atoms with Crippen molar-refractivity contribution in [3.8, 4) is 0 Å². The van der Waals surface area contributed by atoms with Gasteiger partial charge in [-0.05, 0) is 48.4 Å². The van der Waals surface area contributed by atoms with Crippen LogP contribution in [0.4, 0.5) is 0 Å². The Labute approximate surface area is 138 Å². The zero-order chi connectivity index (χ0) is 17.1. The molecule has 0 bridgehead atoms. The predicted molar refractivity (Wildman–Crippen MR) is 94.1 cm³/mol. The summed E-state index contributed by atoms with van der Waals surface area (Å²) in [5.41, 5.74) is 10.6. The molecule has 0 aliphatic heterocycles. The molecule has 0 heterocycles. The lowest BCUT2D eigenvalue weighted by Crippen LogP contribution is -2.16. The maximum absolute atomic E-state index is 12.6. The first kappa shape index (κ1) is 17.2. The molecule has 2 N–H and O–H groups in total. The minimum Gasteiger partial charge on any atom is -0.370 e. The first-order valence-electron chi connectivity index (χ1n) is 8.14. The van der Waals surface area contributed by atoms with Crippen LogP contribution >= 0.6 is 0 Å². The summed E-state index contributed by atoms with van der Waals surface area (Å²) in [4.78, 5) is 23.8. The third-order valence-corrected chi connectivity index (χ3v) is 4.64. The number of benzene rings is 1. The summed E-state index contributed by atoms with van der Waals surface area (Å²) >= 11 is 0. The van der Waals surface area contributed by atoms with E-state index in [9.17, 15) is 9.59 Å². The van der Waals surface area contributed by atoms with Crippen LogP contribution in [0.5, 0.6) is 0 Å². The van der Waals surface area contributed by atoms with Crippen molar-refractivity contribution in [2.24, 2.45) is 11.7 Å². The number of carbonyl (C=O) groups is 2. The average molecular weight is 311 g/mol. The van der Waals surface area contributed by atoms with E-state index in [2.05, 4.69) is 31.7 Å². The smallest absolute Gasteiger partial charge is 0.218 e. The highest BCUT2D eigenvalue weighted by Crippen LogP contribution is 2.43. The molecule has 1 aliphatic carbocycles. The van der Waals surface area contributed by atoms with Crippen LogP contribution in [0.25, 0.3) is 6.08 Å². The number of hydrogen-bond donors (Lipinski definition) is 1. The van der Waals surface area contributed by atoms with E-state index in [4.69, 9.17) is 5.73 Å². The molecule has 1 aromatic carbocycles. The fourth-order valence-electron chi connectivity index (χ4n) is 3.62. The summed E-state index contributed by atoms with van der Waals surface area (Å²) in [6, 6.07) is 4.25. The number of amides is 1. The van der Waals surface area contributed by atoms with E-state index in [1.165, 1.54) is 5.56 Å². The number of rotatable bonds is 5. The summed E-state index contributed by atoms with van der Waals surface area (Å²) in [7, 11) is 0. The molecular formula is C20H25NO2. The minimum absolute atomic E-state index is 0.121. The van der Waals surface area contributed by atoms with E-state index in [0.29, 0.717) is 6.42 Å². The number of aryl methyl sites for hydroxylation is 2. The number of carbonyl (C=O) groups excluding carboxylic acids is 2. The van der Waals surface area contributed by atoms with Gasteiger partial charge in [-0.3, -0.25) is 9.59 Å². The van der Waals surface area contributed by atoms with Crippen molar-refractivity contribution in [3.63, 3.8) is 0 Å². The lowest BCUT2D eigenvalue weighted by molar-refractivity contribution is -0.119. The third-order valence-electron chi connectivity index (χ3n) is 4.64. The molecule has 1 amide bonds. The Morgan fingerprint density at radius 1 is 1.43 bits per heavy atom. The van der Waals surface area contributed by atoms with Crippen molar-refractivity contribution in [1.82, 2.24) is 0 Å². The number of Topliss-reactive ketones (excluding diaryl/α,β-unsaturated/α-hetero) is 1. The molecule has 0 spiro atoms.